The standard InChI is InChI=1S/C15H14BrNO/c16-13-3-1-10(2-4-13)6-14(18)15-7-11(8-15)5-12(15)9-17/h1-4,11-12H,5-8H2. The maximum absolute atomic E-state index is 12.5. The number of fused-ring (bicyclic) bond motifs is 1. The van der Waals surface area contributed by atoms with E-state index in [0.717, 1.165) is 29.3 Å². The molecule has 0 aliphatic heterocycles. The molecule has 1 aromatic rings. The van der Waals surface area contributed by atoms with Gasteiger partial charge in [-0.1, -0.05) is 28.1 Å². The molecule has 0 radical (unpaired) electrons. The van der Waals surface area contributed by atoms with E-state index in [9.17, 15) is 10.1 Å². The van der Waals surface area contributed by atoms with Crippen molar-refractivity contribution in [2.75, 3.05) is 0 Å². The molecule has 3 saturated carbocycles. The zero-order valence-electron chi connectivity index (χ0n) is 10.0. The normalized spacial score (nSPS) is 32.7. The van der Waals surface area contributed by atoms with Gasteiger partial charge in [-0.3, -0.25) is 4.79 Å². The highest BCUT2D eigenvalue weighted by Gasteiger charge is 2.61. The number of hydrogen-bond donors (Lipinski definition) is 0. The van der Waals surface area contributed by atoms with Gasteiger partial charge in [0, 0.05) is 16.3 Å². The Balaban J connectivity index is 1.76. The summed E-state index contributed by atoms with van der Waals surface area (Å²) in [6.45, 7) is 0. The molecule has 3 aliphatic carbocycles. The molecule has 0 aromatic heterocycles. The average Bonchev–Trinajstić information content (AvgIpc) is 2.86. The second-order valence-corrected chi connectivity index (χ2v) is 6.49. The van der Waals surface area contributed by atoms with E-state index >= 15 is 0 Å². The Morgan fingerprint density at radius 3 is 2.67 bits per heavy atom. The minimum atomic E-state index is -0.299. The van der Waals surface area contributed by atoms with Crippen molar-refractivity contribution in [2.24, 2.45) is 17.3 Å². The number of Topliss-reactive ketones (excluding diaryl/α,β-unsaturated/α-hetero) is 1. The van der Waals surface area contributed by atoms with Crippen LogP contribution in [-0.4, -0.2) is 5.78 Å². The molecule has 92 valence electrons. The SMILES string of the molecule is N#CC1CC2CC1(C(=O)Cc1ccc(Br)cc1)C2. The van der Waals surface area contributed by atoms with Gasteiger partial charge in [0.2, 0.25) is 0 Å². The summed E-state index contributed by atoms with van der Waals surface area (Å²) in [5.74, 6) is 0.860. The summed E-state index contributed by atoms with van der Waals surface area (Å²) >= 11 is 3.39. The van der Waals surface area contributed by atoms with Gasteiger partial charge in [-0.05, 0) is 42.9 Å². The number of carbonyl (C=O) groups excluding carboxylic acids is 1. The summed E-state index contributed by atoms with van der Waals surface area (Å²) in [7, 11) is 0. The maximum atomic E-state index is 12.5. The highest BCUT2D eigenvalue weighted by atomic mass is 79.9. The van der Waals surface area contributed by atoms with E-state index in [-0.39, 0.29) is 17.1 Å². The number of hydrogen-bond acceptors (Lipinski definition) is 2. The zero-order chi connectivity index (χ0) is 12.8. The van der Waals surface area contributed by atoms with Gasteiger partial charge in [-0.25, -0.2) is 0 Å². The molecule has 2 nitrogen and oxygen atoms in total. The smallest absolute Gasteiger partial charge is 0.144 e. The van der Waals surface area contributed by atoms with Crippen LogP contribution in [0.5, 0.6) is 0 Å². The summed E-state index contributed by atoms with van der Waals surface area (Å²) < 4.78 is 1.02. The lowest BCUT2D eigenvalue weighted by Gasteiger charge is -2.38. The zero-order valence-corrected chi connectivity index (χ0v) is 11.6. The quantitative estimate of drug-likeness (QED) is 0.857. The van der Waals surface area contributed by atoms with Gasteiger partial charge >= 0.3 is 0 Å². The van der Waals surface area contributed by atoms with Crippen LogP contribution in [-0.2, 0) is 11.2 Å². The molecule has 0 heterocycles. The van der Waals surface area contributed by atoms with E-state index in [1.54, 1.807) is 0 Å². The highest BCUT2D eigenvalue weighted by Crippen LogP contribution is 2.62. The van der Waals surface area contributed by atoms with E-state index in [0.29, 0.717) is 12.3 Å². The Kier molecular flexibility index (Phi) is 2.79. The van der Waals surface area contributed by atoms with Gasteiger partial charge in [-0.2, -0.15) is 5.26 Å². The average molecular weight is 304 g/mol. The van der Waals surface area contributed by atoms with Gasteiger partial charge in [0.15, 0.2) is 0 Å². The number of rotatable bonds is 3. The molecule has 1 unspecified atom stereocenters. The Hall–Kier alpha value is -1.14. The first-order valence-electron chi connectivity index (χ1n) is 6.31. The van der Waals surface area contributed by atoms with Crippen molar-refractivity contribution >= 4 is 21.7 Å². The van der Waals surface area contributed by atoms with E-state index in [1.807, 2.05) is 24.3 Å². The molecule has 1 atom stereocenters. The van der Waals surface area contributed by atoms with Crippen LogP contribution < -0.4 is 0 Å². The lowest BCUT2D eigenvalue weighted by Crippen LogP contribution is -2.40. The molecular weight excluding hydrogens is 290 g/mol. The first kappa shape index (κ1) is 11.9. The Morgan fingerprint density at radius 1 is 1.39 bits per heavy atom. The molecular formula is C15H14BrNO. The fraction of sp³-hybridized carbons (Fsp3) is 0.467. The first-order chi connectivity index (χ1) is 8.64. The molecule has 18 heavy (non-hydrogen) atoms. The highest BCUT2D eigenvalue weighted by molar-refractivity contribution is 9.10. The number of ketones is 1. The van der Waals surface area contributed by atoms with Crippen LogP contribution in [0.3, 0.4) is 0 Å². The van der Waals surface area contributed by atoms with E-state index in [4.69, 9.17) is 0 Å². The van der Waals surface area contributed by atoms with Crippen molar-refractivity contribution in [1.82, 2.24) is 0 Å². The minimum Gasteiger partial charge on any atom is -0.299 e. The van der Waals surface area contributed by atoms with Crippen LogP contribution in [0.2, 0.25) is 0 Å². The summed E-state index contributed by atoms with van der Waals surface area (Å²) in [5.41, 5.74) is 0.747. The summed E-state index contributed by atoms with van der Waals surface area (Å²) in [5, 5.41) is 9.17. The van der Waals surface area contributed by atoms with Gasteiger partial charge in [0.25, 0.3) is 0 Å². The largest absolute Gasteiger partial charge is 0.299 e. The van der Waals surface area contributed by atoms with Gasteiger partial charge < -0.3 is 0 Å². The van der Waals surface area contributed by atoms with Crippen molar-refractivity contribution < 1.29 is 4.79 Å². The maximum Gasteiger partial charge on any atom is 0.144 e. The fourth-order valence-corrected chi connectivity index (χ4v) is 3.81. The van der Waals surface area contributed by atoms with E-state index < -0.39 is 0 Å². The van der Waals surface area contributed by atoms with Crippen LogP contribution in [0.1, 0.15) is 24.8 Å². The molecule has 3 aliphatic rings. The molecule has 0 saturated heterocycles. The third kappa shape index (κ3) is 1.71. The van der Waals surface area contributed by atoms with E-state index in [1.165, 1.54) is 0 Å². The van der Waals surface area contributed by atoms with Crippen LogP contribution in [0.4, 0.5) is 0 Å². The van der Waals surface area contributed by atoms with Gasteiger partial charge in [0.1, 0.15) is 5.78 Å². The van der Waals surface area contributed by atoms with Crippen LogP contribution in [0, 0.1) is 28.6 Å². The van der Waals surface area contributed by atoms with Gasteiger partial charge in [0.05, 0.1) is 12.0 Å². The Morgan fingerprint density at radius 2 is 2.06 bits per heavy atom. The molecule has 3 fully saturated rings. The molecule has 0 amide bonds. The summed E-state index contributed by atoms with van der Waals surface area (Å²) in [4.78, 5) is 12.5. The lowest BCUT2D eigenvalue weighted by atomic mass is 9.63. The topological polar surface area (TPSA) is 40.9 Å². The Bertz CT molecular complexity index is 522. The minimum absolute atomic E-state index is 0.0366. The number of benzene rings is 1. The van der Waals surface area contributed by atoms with Crippen molar-refractivity contribution in [3.63, 3.8) is 0 Å². The third-order valence-electron chi connectivity index (χ3n) is 4.53. The molecule has 2 bridgehead atoms. The fourth-order valence-electron chi connectivity index (χ4n) is 3.54. The summed E-state index contributed by atoms with van der Waals surface area (Å²) in [6, 6.07) is 10.2. The van der Waals surface area contributed by atoms with Crippen LogP contribution >= 0.6 is 15.9 Å². The third-order valence-corrected chi connectivity index (χ3v) is 5.06. The van der Waals surface area contributed by atoms with Crippen molar-refractivity contribution in [3.8, 4) is 6.07 Å². The molecule has 1 aromatic carbocycles. The van der Waals surface area contributed by atoms with Crippen LogP contribution in [0.15, 0.2) is 28.7 Å². The molecule has 4 rings (SSSR count). The Labute approximate surface area is 115 Å². The van der Waals surface area contributed by atoms with Crippen molar-refractivity contribution in [2.45, 2.75) is 25.7 Å². The van der Waals surface area contributed by atoms with Crippen molar-refractivity contribution in [3.05, 3.63) is 34.3 Å². The number of halogens is 1. The van der Waals surface area contributed by atoms with E-state index in [2.05, 4.69) is 22.0 Å². The second-order valence-electron chi connectivity index (χ2n) is 5.57. The molecule has 0 N–H and O–H groups in total. The van der Waals surface area contributed by atoms with Crippen LogP contribution in [0.25, 0.3) is 0 Å². The molecule has 0 spiro atoms. The first-order valence-corrected chi connectivity index (χ1v) is 7.11. The number of nitriles is 1. The second kappa shape index (κ2) is 4.20. The summed E-state index contributed by atoms with van der Waals surface area (Å²) in [6.07, 6.45) is 3.29. The predicted molar refractivity (Wildman–Crippen MR) is 71.7 cm³/mol. The van der Waals surface area contributed by atoms with Crippen molar-refractivity contribution in [1.29, 1.82) is 5.26 Å². The predicted octanol–water partition coefficient (Wildman–Crippen LogP) is 3.50. The monoisotopic (exact) mass is 303 g/mol. The number of nitrogens with zero attached hydrogens (tertiary/aromatic N) is 1. The lowest BCUT2D eigenvalue weighted by molar-refractivity contribution is -0.133. The molecule has 3 heteroatoms. The number of carbonyl (C=O) groups is 1. The van der Waals surface area contributed by atoms with Gasteiger partial charge in [-0.15, -0.1) is 0 Å².